The Balaban J connectivity index is 2.78. The van der Waals surface area contributed by atoms with E-state index in [4.69, 9.17) is 11.6 Å². The molecule has 1 heterocycles. The zero-order chi connectivity index (χ0) is 15.0. The number of carbonyl (C=O) groups is 1. The highest BCUT2D eigenvalue weighted by molar-refractivity contribution is 6.33. The van der Waals surface area contributed by atoms with Crippen molar-refractivity contribution in [3.05, 3.63) is 50.3 Å². The number of rotatable bonds is 3. The highest BCUT2D eigenvalue weighted by Gasteiger charge is 2.22. The lowest BCUT2D eigenvalue weighted by molar-refractivity contribution is -0.384. The van der Waals surface area contributed by atoms with Crippen LogP contribution in [0.2, 0.25) is 5.02 Å². The van der Waals surface area contributed by atoms with Crippen LogP contribution in [-0.4, -0.2) is 25.8 Å². The molecule has 2 aromatic rings. The normalized spacial score (nSPS) is 10.6. The first-order chi connectivity index (χ1) is 9.31. The third-order valence-corrected chi connectivity index (χ3v) is 3.00. The summed E-state index contributed by atoms with van der Waals surface area (Å²) in [4.78, 5) is 21.4. The molecular formula is C12H10ClN3O4. The fourth-order valence-corrected chi connectivity index (χ4v) is 2.22. The molecular weight excluding hydrogens is 286 g/mol. The van der Waals surface area contributed by atoms with Gasteiger partial charge < -0.3 is 5.11 Å². The van der Waals surface area contributed by atoms with Crippen LogP contribution in [0.1, 0.15) is 21.7 Å². The number of nitrogens with zero attached hydrogens (tertiary/aromatic N) is 3. The number of hydrogen-bond acceptors (Lipinski definition) is 4. The topological polar surface area (TPSA) is 98.3 Å². The fourth-order valence-electron chi connectivity index (χ4n) is 1.92. The van der Waals surface area contributed by atoms with E-state index in [-0.39, 0.29) is 22.0 Å². The van der Waals surface area contributed by atoms with Crippen molar-refractivity contribution in [3.8, 4) is 5.69 Å². The first kappa shape index (κ1) is 14.0. The van der Waals surface area contributed by atoms with Crippen molar-refractivity contribution in [2.45, 2.75) is 13.8 Å². The van der Waals surface area contributed by atoms with Crippen LogP contribution in [0.15, 0.2) is 18.2 Å². The third kappa shape index (κ3) is 2.35. The predicted octanol–water partition coefficient (Wildman–Crippen LogP) is 2.75. The van der Waals surface area contributed by atoms with Crippen molar-refractivity contribution >= 4 is 23.3 Å². The van der Waals surface area contributed by atoms with E-state index in [1.807, 2.05) is 0 Å². The van der Waals surface area contributed by atoms with E-state index in [0.717, 1.165) is 12.1 Å². The number of nitro benzene ring substituents is 1. The van der Waals surface area contributed by atoms with Gasteiger partial charge >= 0.3 is 5.97 Å². The summed E-state index contributed by atoms with van der Waals surface area (Å²) in [6.45, 7) is 3.49. The van der Waals surface area contributed by atoms with Gasteiger partial charge in [-0.3, -0.25) is 10.1 Å². The summed E-state index contributed by atoms with van der Waals surface area (Å²) in [5.41, 5.74) is 0.845. The summed E-state index contributed by atoms with van der Waals surface area (Å²) in [6.07, 6.45) is 0. The zero-order valence-electron chi connectivity index (χ0n) is 10.6. The molecule has 0 atom stereocenters. The minimum atomic E-state index is -1.31. The van der Waals surface area contributed by atoms with Crippen LogP contribution in [-0.2, 0) is 0 Å². The first-order valence-electron chi connectivity index (χ1n) is 5.56. The number of aromatic nitrogens is 2. The average molecular weight is 296 g/mol. The Kier molecular flexibility index (Phi) is 3.46. The Bertz CT molecular complexity index is 724. The molecule has 0 aliphatic rings. The fraction of sp³-hybridized carbons (Fsp3) is 0.167. The van der Waals surface area contributed by atoms with Crippen LogP contribution in [0, 0.1) is 24.0 Å². The lowest BCUT2D eigenvalue weighted by atomic mass is 10.1. The maximum Gasteiger partial charge on any atom is 0.338 e. The van der Waals surface area contributed by atoms with Gasteiger partial charge in [-0.25, -0.2) is 9.48 Å². The Hall–Kier alpha value is -2.41. The Morgan fingerprint density at radius 1 is 1.40 bits per heavy atom. The molecule has 0 bridgehead atoms. The lowest BCUT2D eigenvalue weighted by Gasteiger charge is -2.10. The van der Waals surface area contributed by atoms with Crippen LogP contribution in [0.4, 0.5) is 5.69 Å². The number of carboxylic acid groups (broad SMARTS) is 1. The summed E-state index contributed by atoms with van der Waals surface area (Å²) < 4.78 is 1.37. The van der Waals surface area contributed by atoms with E-state index in [2.05, 4.69) is 5.10 Å². The van der Waals surface area contributed by atoms with E-state index < -0.39 is 10.9 Å². The van der Waals surface area contributed by atoms with E-state index in [1.54, 1.807) is 19.9 Å². The van der Waals surface area contributed by atoms with Crippen molar-refractivity contribution in [3.63, 3.8) is 0 Å². The van der Waals surface area contributed by atoms with Crippen LogP contribution in [0.25, 0.3) is 5.69 Å². The SMILES string of the molecule is Cc1cc(C)n(-c2c(Cl)cc([N+](=O)[O-])cc2C(=O)O)n1. The van der Waals surface area contributed by atoms with Gasteiger partial charge in [-0.2, -0.15) is 5.10 Å². The maximum atomic E-state index is 11.3. The molecule has 0 radical (unpaired) electrons. The van der Waals surface area contributed by atoms with Gasteiger partial charge in [0.15, 0.2) is 0 Å². The number of aryl methyl sites for hydroxylation is 2. The van der Waals surface area contributed by atoms with Crippen molar-refractivity contribution in [1.82, 2.24) is 9.78 Å². The number of benzene rings is 1. The summed E-state index contributed by atoms with van der Waals surface area (Å²) in [5, 5.41) is 24.1. The number of halogens is 1. The van der Waals surface area contributed by atoms with Crippen LogP contribution in [0.3, 0.4) is 0 Å². The first-order valence-corrected chi connectivity index (χ1v) is 5.94. The van der Waals surface area contributed by atoms with Crippen LogP contribution in [0.5, 0.6) is 0 Å². The molecule has 7 nitrogen and oxygen atoms in total. The van der Waals surface area contributed by atoms with Gasteiger partial charge in [0, 0.05) is 17.8 Å². The number of hydrogen-bond donors (Lipinski definition) is 1. The summed E-state index contributed by atoms with van der Waals surface area (Å²) >= 11 is 6.01. The van der Waals surface area contributed by atoms with Crippen molar-refractivity contribution in [2.75, 3.05) is 0 Å². The smallest absolute Gasteiger partial charge is 0.338 e. The standard InChI is InChI=1S/C12H10ClN3O4/c1-6-3-7(2)15(14-6)11-9(12(17)18)4-8(16(19)20)5-10(11)13/h3-5H,1-2H3,(H,17,18). The molecule has 0 fully saturated rings. The average Bonchev–Trinajstić information content (AvgIpc) is 2.66. The molecule has 0 saturated heterocycles. The van der Waals surface area contributed by atoms with E-state index in [0.29, 0.717) is 11.4 Å². The van der Waals surface area contributed by atoms with Gasteiger partial charge in [-0.05, 0) is 19.9 Å². The molecule has 1 N–H and O–H groups in total. The summed E-state index contributed by atoms with van der Waals surface area (Å²) in [6, 6.07) is 3.84. The van der Waals surface area contributed by atoms with Gasteiger partial charge in [0.25, 0.3) is 5.69 Å². The van der Waals surface area contributed by atoms with Crippen molar-refractivity contribution in [2.24, 2.45) is 0 Å². The predicted molar refractivity (Wildman–Crippen MR) is 71.7 cm³/mol. The molecule has 0 aliphatic heterocycles. The molecule has 0 spiro atoms. The zero-order valence-corrected chi connectivity index (χ0v) is 11.4. The molecule has 0 aliphatic carbocycles. The highest BCUT2D eigenvalue weighted by atomic mass is 35.5. The van der Waals surface area contributed by atoms with Gasteiger partial charge in [0.1, 0.15) is 0 Å². The van der Waals surface area contributed by atoms with Gasteiger partial charge in [-0.15, -0.1) is 0 Å². The third-order valence-electron chi connectivity index (χ3n) is 2.71. The minimum Gasteiger partial charge on any atom is -0.478 e. The second-order valence-electron chi connectivity index (χ2n) is 4.22. The second kappa shape index (κ2) is 4.93. The van der Waals surface area contributed by atoms with Gasteiger partial charge in [0.2, 0.25) is 0 Å². The van der Waals surface area contributed by atoms with E-state index >= 15 is 0 Å². The molecule has 20 heavy (non-hydrogen) atoms. The highest BCUT2D eigenvalue weighted by Crippen LogP contribution is 2.30. The molecule has 0 amide bonds. The number of carboxylic acids is 1. The van der Waals surface area contributed by atoms with Crippen molar-refractivity contribution in [1.29, 1.82) is 0 Å². The van der Waals surface area contributed by atoms with Gasteiger partial charge in [-0.1, -0.05) is 11.6 Å². The quantitative estimate of drug-likeness (QED) is 0.693. The number of aromatic carboxylic acids is 1. The van der Waals surface area contributed by atoms with E-state index in [9.17, 15) is 20.0 Å². The number of non-ortho nitro benzene ring substituents is 1. The summed E-state index contributed by atoms with van der Waals surface area (Å²) in [7, 11) is 0. The van der Waals surface area contributed by atoms with Crippen LogP contribution < -0.4 is 0 Å². The molecule has 2 rings (SSSR count). The minimum absolute atomic E-state index is 0.0391. The summed E-state index contributed by atoms with van der Waals surface area (Å²) in [5.74, 6) is -1.31. The van der Waals surface area contributed by atoms with E-state index in [1.165, 1.54) is 4.68 Å². The maximum absolute atomic E-state index is 11.3. The van der Waals surface area contributed by atoms with Crippen molar-refractivity contribution < 1.29 is 14.8 Å². The Morgan fingerprint density at radius 2 is 2.05 bits per heavy atom. The Morgan fingerprint density at radius 3 is 2.50 bits per heavy atom. The molecule has 0 saturated carbocycles. The number of nitro groups is 1. The molecule has 1 aromatic heterocycles. The van der Waals surface area contributed by atoms with Crippen LogP contribution >= 0.6 is 11.6 Å². The molecule has 1 aromatic carbocycles. The molecule has 104 valence electrons. The molecule has 0 unspecified atom stereocenters. The largest absolute Gasteiger partial charge is 0.478 e. The van der Waals surface area contributed by atoms with Gasteiger partial charge in [0.05, 0.1) is 26.9 Å². The molecule has 8 heteroatoms. The monoisotopic (exact) mass is 295 g/mol. The Labute approximate surface area is 118 Å². The lowest BCUT2D eigenvalue weighted by Crippen LogP contribution is -2.09. The second-order valence-corrected chi connectivity index (χ2v) is 4.63.